The molecular formula is C16H26N4O3. The number of carboxylic acid groups (broad SMARTS) is 1. The zero-order chi connectivity index (χ0) is 16.7. The molecule has 128 valence electrons. The molecule has 2 rings (SSSR count). The molecule has 0 amide bonds. The summed E-state index contributed by atoms with van der Waals surface area (Å²) in [5.41, 5.74) is 1.02. The number of hydrogen-bond donors (Lipinski definition) is 1. The number of ether oxygens (including phenoxy) is 1. The molecule has 0 aromatic carbocycles. The van der Waals surface area contributed by atoms with Crippen LogP contribution in [0.5, 0.6) is 0 Å². The van der Waals surface area contributed by atoms with Crippen LogP contribution >= 0.6 is 0 Å². The Morgan fingerprint density at radius 1 is 1.35 bits per heavy atom. The van der Waals surface area contributed by atoms with Crippen molar-refractivity contribution in [3.63, 3.8) is 0 Å². The average Bonchev–Trinajstić information content (AvgIpc) is 2.54. The number of hydrogen-bond acceptors (Lipinski definition) is 6. The van der Waals surface area contributed by atoms with Crippen LogP contribution in [-0.2, 0) is 16.1 Å². The summed E-state index contributed by atoms with van der Waals surface area (Å²) in [7, 11) is 3.74. The van der Waals surface area contributed by atoms with Gasteiger partial charge in [-0.3, -0.25) is 4.79 Å². The molecular weight excluding hydrogens is 296 g/mol. The largest absolute Gasteiger partial charge is 0.480 e. The van der Waals surface area contributed by atoms with Gasteiger partial charge in [-0.15, -0.1) is 0 Å². The smallest absolute Gasteiger partial charge is 0.323 e. The molecule has 1 aromatic rings. The summed E-state index contributed by atoms with van der Waals surface area (Å²) in [5, 5.41) is 8.77. The van der Waals surface area contributed by atoms with E-state index >= 15 is 0 Å². The number of nitrogens with zero attached hydrogens (tertiary/aromatic N) is 4. The molecule has 0 saturated carbocycles. The maximum Gasteiger partial charge on any atom is 0.323 e. The first-order valence-corrected chi connectivity index (χ1v) is 8.08. The van der Waals surface area contributed by atoms with E-state index in [0.717, 1.165) is 31.7 Å². The number of likely N-dealkylation sites (N-methyl/N-ethyl adjacent to an activating group) is 1. The molecule has 1 aliphatic rings. The fraction of sp³-hybridized carbons (Fsp3) is 0.688. The van der Waals surface area contributed by atoms with E-state index in [9.17, 15) is 4.79 Å². The van der Waals surface area contributed by atoms with Gasteiger partial charge in [0.2, 0.25) is 5.95 Å². The van der Waals surface area contributed by atoms with Gasteiger partial charge in [0.25, 0.3) is 0 Å². The second-order valence-electron chi connectivity index (χ2n) is 6.16. The van der Waals surface area contributed by atoms with Crippen LogP contribution in [0.4, 0.5) is 5.95 Å². The van der Waals surface area contributed by atoms with Gasteiger partial charge in [-0.2, -0.15) is 0 Å². The Morgan fingerprint density at radius 3 is 2.70 bits per heavy atom. The molecule has 23 heavy (non-hydrogen) atoms. The highest BCUT2D eigenvalue weighted by Crippen LogP contribution is 2.16. The van der Waals surface area contributed by atoms with Crippen LogP contribution in [0.3, 0.4) is 0 Å². The van der Waals surface area contributed by atoms with Crippen molar-refractivity contribution in [1.82, 2.24) is 14.9 Å². The molecule has 1 N–H and O–H groups in total. The number of carbonyl (C=O) groups is 1. The molecule has 0 spiro atoms. The summed E-state index contributed by atoms with van der Waals surface area (Å²) in [4.78, 5) is 22.9. The van der Waals surface area contributed by atoms with E-state index in [4.69, 9.17) is 9.84 Å². The van der Waals surface area contributed by atoms with Crippen molar-refractivity contribution in [2.45, 2.75) is 38.3 Å². The predicted octanol–water partition coefficient (Wildman–Crippen LogP) is 1.39. The molecule has 7 nitrogen and oxygen atoms in total. The lowest BCUT2D eigenvalue weighted by Crippen LogP contribution is -2.28. The topological polar surface area (TPSA) is 78.8 Å². The molecule has 7 heteroatoms. The second kappa shape index (κ2) is 8.79. The van der Waals surface area contributed by atoms with Gasteiger partial charge in [0, 0.05) is 44.7 Å². The van der Waals surface area contributed by atoms with Gasteiger partial charge in [0.1, 0.15) is 6.54 Å². The van der Waals surface area contributed by atoms with Crippen LogP contribution in [0, 0.1) is 0 Å². The van der Waals surface area contributed by atoms with Crippen LogP contribution in [0.2, 0.25) is 0 Å². The van der Waals surface area contributed by atoms with Gasteiger partial charge >= 0.3 is 5.97 Å². The Bertz CT molecular complexity index is 489. The van der Waals surface area contributed by atoms with Crippen molar-refractivity contribution >= 4 is 11.9 Å². The molecule has 0 radical (unpaired) electrons. The van der Waals surface area contributed by atoms with E-state index in [1.54, 1.807) is 19.4 Å². The van der Waals surface area contributed by atoms with Crippen LogP contribution in [0.1, 0.15) is 31.2 Å². The predicted molar refractivity (Wildman–Crippen MR) is 87.5 cm³/mol. The summed E-state index contributed by atoms with van der Waals surface area (Å²) in [5.74, 6) is -0.473. The Hall–Kier alpha value is -1.73. The standard InChI is InChI=1S/C16H26N4O3/c1-19(7-6-14-5-3-4-8-23-14)11-13-9-17-16(18-10-13)20(2)12-15(21)22/h9-10,14H,3-8,11-12H2,1-2H3,(H,21,22). The van der Waals surface area contributed by atoms with Gasteiger partial charge in [-0.05, 0) is 32.7 Å². The lowest BCUT2D eigenvalue weighted by Gasteiger charge is -2.25. The summed E-state index contributed by atoms with van der Waals surface area (Å²) >= 11 is 0. The molecule has 1 aromatic heterocycles. The molecule has 1 atom stereocenters. The minimum absolute atomic E-state index is 0.110. The first kappa shape index (κ1) is 17.6. The second-order valence-corrected chi connectivity index (χ2v) is 6.16. The van der Waals surface area contributed by atoms with Crippen molar-refractivity contribution in [3.8, 4) is 0 Å². The van der Waals surface area contributed by atoms with E-state index in [1.807, 2.05) is 0 Å². The Balaban J connectivity index is 1.76. The molecule has 0 bridgehead atoms. The molecule has 1 aliphatic heterocycles. The van der Waals surface area contributed by atoms with Gasteiger partial charge in [-0.25, -0.2) is 9.97 Å². The maximum atomic E-state index is 10.7. The van der Waals surface area contributed by atoms with Crippen molar-refractivity contribution in [2.24, 2.45) is 0 Å². The zero-order valence-corrected chi connectivity index (χ0v) is 13.9. The lowest BCUT2D eigenvalue weighted by atomic mass is 10.1. The summed E-state index contributed by atoms with van der Waals surface area (Å²) < 4.78 is 5.75. The normalized spacial score (nSPS) is 18.1. The first-order chi connectivity index (χ1) is 11.0. The Kier molecular flexibility index (Phi) is 6.73. The van der Waals surface area contributed by atoms with Crippen LogP contribution < -0.4 is 4.90 Å². The quantitative estimate of drug-likeness (QED) is 0.774. The third-order valence-corrected chi connectivity index (χ3v) is 3.96. The fourth-order valence-corrected chi connectivity index (χ4v) is 2.69. The van der Waals surface area contributed by atoms with Crippen LogP contribution in [0.15, 0.2) is 12.4 Å². The SMILES string of the molecule is CN(CCC1CCCCO1)Cc1cnc(N(C)CC(=O)O)nc1. The molecule has 1 unspecified atom stereocenters. The Labute approximate surface area is 137 Å². The minimum atomic E-state index is -0.898. The van der Waals surface area contributed by atoms with Gasteiger partial charge in [-0.1, -0.05) is 0 Å². The van der Waals surface area contributed by atoms with E-state index < -0.39 is 5.97 Å². The number of aliphatic carboxylic acids is 1. The van der Waals surface area contributed by atoms with E-state index in [1.165, 1.54) is 24.2 Å². The first-order valence-electron chi connectivity index (χ1n) is 8.08. The average molecular weight is 322 g/mol. The van der Waals surface area contributed by atoms with Gasteiger partial charge < -0.3 is 19.6 Å². The molecule has 2 heterocycles. The monoisotopic (exact) mass is 322 g/mol. The van der Waals surface area contributed by atoms with Gasteiger partial charge in [0.15, 0.2) is 0 Å². The summed E-state index contributed by atoms with van der Waals surface area (Å²) in [6.45, 7) is 2.54. The fourth-order valence-electron chi connectivity index (χ4n) is 2.69. The number of aromatic nitrogens is 2. The third-order valence-electron chi connectivity index (χ3n) is 3.96. The van der Waals surface area contributed by atoms with Crippen LogP contribution in [-0.4, -0.2) is 65.8 Å². The maximum absolute atomic E-state index is 10.7. The number of carboxylic acids is 1. The molecule has 0 aliphatic carbocycles. The third kappa shape index (κ3) is 6.11. The van der Waals surface area contributed by atoms with Crippen molar-refractivity contribution in [3.05, 3.63) is 18.0 Å². The van der Waals surface area contributed by atoms with Crippen molar-refractivity contribution in [2.75, 3.05) is 38.7 Å². The summed E-state index contributed by atoms with van der Waals surface area (Å²) in [6.07, 6.45) is 8.59. The minimum Gasteiger partial charge on any atom is -0.480 e. The highest BCUT2D eigenvalue weighted by Gasteiger charge is 2.14. The lowest BCUT2D eigenvalue weighted by molar-refractivity contribution is -0.135. The molecule has 1 saturated heterocycles. The van der Waals surface area contributed by atoms with E-state index in [2.05, 4.69) is 21.9 Å². The zero-order valence-electron chi connectivity index (χ0n) is 13.9. The highest BCUT2D eigenvalue weighted by molar-refractivity contribution is 5.72. The number of anilines is 1. The van der Waals surface area contributed by atoms with E-state index in [-0.39, 0.29) is 6.54 Å². The van der Waals surface area contributed by atoms with Crippen LogP contribution in [0.25, 0.3) is 0 Å². The van der Waals surface area contributed by atoms with Crippen molar-refractivity contribution < 1.29 is 14.6 Å². The highest BCUT2D eigenvalue weighted by atomic mass is 16.5. The Morgan fingerprint density at radius 2 is 2.09 bits per heavy atom. The molecule has 1 fully saturated rings. The van der Waals surface area contributed by atoms with Crippen molar-refractivity contribution in [1.29, 1.82) is 0 Å². The summed E-state index contributed by atoms with van der Waals surface area (Å²) in [6, 6.07) is 0. The number of rotatable bonds is 8. The van der Waals surface area contributed by atoms with E-state index in [0.29, 0.717) is 12.1 Å². The van der Waals surface area contributed by atoms with Gasteiger partial charge in [0.05, 0.1) is 6.10 Å².